The Hall–Kier alpha value is -1.63. The van der Waals surface area contributed by atoms with Crippen molar-refractivity contribution in [3.63, 3.8) is 0 Å². The Morgan fingerprint density at radius 1 is 1.43 bits per heavy atom. The summed E-state index contributed by atoms with van der Waals surface area (Å²) in [5, 5.41) is 18.3. The fourth-order valence-electron chi connectivity index (χ4n) is 3.19. The van der Waals surface area contributed by atoms with Gasteiger partial charge in [0.05, 0.1) is 18.4 Å². The van der Waals surface area contributed by atoms with E-state index in [4.69, 9.17) is 4.74 Å². The first kappa shape index (κ1) is 14.3. The van der Waals surface area contributed by atoms with E-state index in [0.29, 0.717) is 19.6 Å². The van der Waals surface area contributed by atoms with Gasteiger partial charge in [-0.15, -0.1) is 5.10 Å². The van der Waals surface area contributed by atoms with E-state index in [9.17, 15) is 9.90 Å². The van der Waals surface area contributed by atoms with Crippen molar-refractivity contribution in [2.45, 2.75) is 51.9 Å². The van der Waals surface area contributed by atoms with Gasteiger partial charge in [-0.25, -0.2) is 9.48 Å². The zero-order valence-electron chi connectivity index (χ0n) is 12.7. The minimum Gasteiger partial charge on any atom is -0.444 e. The fraction of sp³-hybridized carbons (Fsp3) is 0.786. The van der Waals surface area contributed by atoms with Crippen LogP contribution in [0.3, 0.4) is 0 Å². The average Bonchev–Trinajstić information content (AvgIpc) is 2.92. The monoisotopic (exact) mass is 294 g/mol. The van der Waals surface area contributed by atoms with Gasteiger partial charge in [0, 0.05) is 18.5 Å². The van der Waals surface area contributed by atoms with Crippen molar-refractivity contribution >= 4 is 6.09 Å². The molecule has 1 spiro atoms. The van der Waals surface area contributed by atoms with Crippen LogP contribution < -0.4 is 0 Å². The van der Waals surface area contributed by atoms with E-state index in [-0.39, 0.29) is 11.5 Å². The fourth-order valence-corrected chi connectivity index (χ4v) is 3.19. The van der Waals surface area contributed by atoms with Gasteiger partial charge in [-0.3, -0.25) is 0 Å². The molecule has 7 heteroatoms. The Morgan fingerprint density at radius 2 is 2.10 bits per heavy atom. The van der Waals surface area contributed by atoms with Gasteiger partial charge in [0.2, 0.25) is 0 Å². The summed E-state index contributed by atoms with van der Waals surface area (Å²) >= 11 is 0. The number of fused-ring (bicyclic) bond motifs is 1. The molecular formula is C14H22N4O3. The second-order valence-corrected chi connectivity index (χ2v) is 7.05. The van der Waals surface area contributed by atoms with Gasteiger partial charge in [-0.1, -0.05) is 5.21 Å². The number of aromatic nitrogens is 3. The van der Waals surface area contributed by atoms with Crippen LogP contribution in [-0.4, -0.2) is 49.8 Å². The van der Waals surface area contributed by atoms with Crippen molar-refractivity contribution in [1.82, 2.24) is 19.9 Å². The second-order valence-electron chi connectivity index (χ2n) is 7.05. The predicted molar refractivity (Wildman–Crippen MR) is 74.5 cm³/mol. The van der Waals surface area contributed by atoms with Gasteiger partial charge in [0.1, 0.15) is 11.7 Å². The third-order valence-corrected chi connectivity index (χ3v) is 4.38. The number of piperidine rings is 1. The van der Waals surface area contributed by atoms with E-state index in [0.717, 1.165) is 18.5 Å². The van der Waals surface area contributed by atoms with E-state index in [1.807, 2.05) is 20.8 Å². The molecule has 1 aromatic rings. The van der Waals surface area contributed by atoms with Crippen LogP contribution in [0.5, 0.6) is 0 Å². The van der Waals surface area contributed by atoms with Gasteiger partial charge in [0.15, 0.2) is 0 Å². The average molecular weight is 294 g/mol. The molecule has 1 saturated heterocycles. The molecule has 0 aromatic carbocycles. The number of nitrogens with zero attached hydrogens (tertiary/aromatic N) is 4. The van der Waals surface area contributed by atoms with Crippen LogP contribution >= 0.6 is 0 Å². The largest absolute Gasteiger partial charge is 0.444 e. The molecule has 7 nitrogen and oxygen atoms in total. The molecule has 1 amide bonds. The van der Waals surface area contributed by atoms with E-state index < -0.39 is 11.7 Å². The molecule has 0 radical (unpaired) electrons. The first-order valence-electron chi connectivity index (χ1n) is 7.35. The number of aliphatic hydroxyl groups is 1. The van der Waals surface area contributed by atoms with Crippen molar-refractivity contribution in [2.75, 3.05) is 13.1 Å². The molecule has 1 atom stereocenters. The number of ether oxygens (including phenoxy) is 1. The lowest BCUT2D eigenvalue weighted by molar-refractivity contribution is -0.0281. The zero-order chi connectivity index (χ0) is 15.3. The SMILES string of the molecule is CC(C)(C)OC(=O)N1CCC2(CC1)Cn1nncc1C2O. The molecule has 0 aliphatic carbocycles. The third kappa shape index (κ3) is 2.50. The Kier molecular flexibility index (Phi) is 3.20. The molecule has 1 unspecified atom stereocenters. The first-order valence-corrected chi connectivity index (χ1v) is 7.35. The van der Waals surface area contributed by atoms with E-state index in [1.54, 1.807) is 15.8 Å². The highest BCUT2D eigenvalue weighted by molar-refractivity contribution is 5.68. The van der Waals surface area contributed by atoms with Gasteiger partial charge < -0.3 is 14.7 Å². The van der Waals surface area contributed by atoms with Crippen LogP contribution in [0.15, 0.2) is 6.20 Å². The molecule has 3 heterocycles. The molecule has 0 bridgehead atoms. The van der Waals surface area contributed by atoms with Gasteiger partial charge in [-0.2, -0.15) is 0 Å². The van der Waals surface area contributed by atoms with Crippen LogP contribution in [0.4, 0.5) is 4.79 Å². The number of likely N-dealkylation sites (tertiary alicyclic amines) is 1. The third-order valence-electron chi connectivity index (χ3n) is 4.38. The maximum absolute atomic E-state index is 12.1. The summed E-state index contributed by atoms with van der Waals surface area (Å²) < 4.78 is 7.17. The summed E-state index contributed by atoms with van der Waals surface area (Å²) in [5.41, 5.74) is 0.0808. The summed E-state index contributed by atoms with van der Waals surface area (Å²) in [6, 6.07) is 0. The molecular weight excluding hydrogens is 272 g/mol. The highest BCUT2D eigenvalue weighted by Gasteiger charge is 2.49. The number of carbonyl (C=O) groups is 1. The summed E-state index contributed by atoms with van der Waals surface area (Å²) in [6.45, 7) is 7.47. The lowest BCUT2D eigenvalue weighted by Gasteiger charge is -2.40. The van der Waals surface area contributed by atoms with Crippen LogP contribution in [0.2, 0.25) is 0 Å². The Labute approximate surface area is 123 Å². The number of aliphatic hydroxyl groups excluding tert-OH is 1. The highest BCUT2D eigenvalue weighted by Crippen LogP contribution is 2.48. The van der Waals surface area contributed by atoms with Crippen LogP contribution in [0, 0.1) is 5.41 Å². The smallest absolute Gasteiger partial charge is 0.410 e. The van der Waals surface area contributed by atoms with Crippen molar-refractivity contribution in [3.05, 3.63) is 11.9 Å². The molecule has 3 rings (SSSR count). The Morgan fingerprint density at radius 3 is 2.67 bits per heavy atom. The highest BCUT2D eigenvalue weighted by atomic mass is 16.6. The van der Waals surface area contributed by atoms with Gasteiger partial charge in [0.25, 0.3) is 0 Å². The number of hydrogen-bond donors (Lipinski definition) is 1. The summed E-state index contributed by atoms with van der Waals surface area (Å²) in [7, 11) is 0. The lowest BCUT2D eigenvalue weighted by Crippen LogP contribution is -2.46. The van der Waals surface area contributed by atoms with Crippen molar-refractivity contribution in [3.8, 4) is 0 Å². The van der Waals surface area contributed by atoms with Crippen molar-refractivity contribution < 1.29 is 14.6 Å². The number of amides is 1. The summed E-state index contributed by atoms with van der Waals surface area (Å²) in [6.07, 6.45) is 2.30. The molecule has 116 valence electrons. The predicted octanol–water partition coefficient (Wildman–Crippen LogP) is 1.34. The van der Waals surface area contributed by atoms with E-state index in [1.165, 1.54) is 0 Å². The maximum atomic E-state index is 12.1. The van der Waals surface area contributed by atoms with Crippen LogP contribution in [0.25, 0.3) is 0 Å². The maximum Gasteiger partial charge on any atom is 0.410 e. The van der Waals surface area contributed by atoms with Gasteiger partial charge >= 0.3 is 6.09 Å². The van der Waals surface area contributed by atoms with E-state index in [2.05, 4.69) is 10.3 Å². The Balaban J connectivity index is 1.64. The number of rotatable bonds is 0. The molecule has 1 N–H and O–H groups in total. The summed E-state index contributed by atoms with van der Waals surface area (Å²) in [5.74, 6) is 0. The van der Waals surface area contributed by atoms with E-state index >= 15 is 0 Å². The molecule has 21 heavy (non-hydrogen) atoms. The zero-order valence-corrected chi connectivity index (χ0v) is 12.7. The minimum absolute atomic E-state index is 0.218. The molecule has 0 saturated carbocycles. The molecule has 2 aliphatic heterocycles. The number of hydrogen-bond acceptors (Lipinski definition) is 5. The van der Waals surface area contributed by atoms with Gasteiger partial charge in [-0.05, 0) is 33.6 Å². The van der Waals surface area contributed by atoms with Crippen molar-refractivity contribution in [1.29, 1.82) is 0 Å². The molecule has 1 fully saturated rings. The lowest BCUT2D eigenvalue weighted by atomic mass is 9.75. The normalized spacial score (nSPS) is 24.2. The number of carbonyl (C=O) groups excluding carboxylic acids is 1. The summed E-state index contributed by atoms with van der Waals surface area (Å²) in [4.78, 5) is 13.8. The first-order chi connectivity index (χ1) is 9.81. The quantitative estimate of drug-likeness (QED) is 0.781. The second kappa shape index (κ2) is 4.69. The molecule has 1 aromatic heterocycles. The molecule has 2 aliphatic rings. The standard InChI is InChI=1S/C14H22N4O3/c1-13(2,3)21-12(20)17-6-4-14(5-7-17)9-18-10(11(14)19)8-15-16-18/h8,11,19H,4-7,9H2,1-3H3. The topological polar surface area (TPSA) is 80.5 Å². The minimum atomic E-state index is -0.548. The van der Waals surface area contributed by atoms with Crippen molar-refractivity contribution in [2.24, 2.45) is 5.41 Å². The van der Waals surface area contributed by atoms with Crippen LogP contribution in [-0.2, 0) is 11.3 Å². The van der Waals surface area contributed by atoms with Crippen LogP contribution in [0.1, 0.15) is 45.4 Å². The Bertz CT molecular complexity index is 541.